The van der Waals surface area contributed by atoms with Crippen LogP contribution in [0.1, 0.15) is 11.6 Å². The topological polar surface area (TPSA) is 58.4 Å². The third kappa shape index (κ3) is 3.47. The van der Waals surface area contributed by atoms with Gasteiger partial charge in [0.05, 0.1) is 11.0 Å². The second kappa shape index (κ2) is 5.70. The van der Waals surface area contributed by atoms with Crippen LogP contribution in [0, 0.1) is 15.9 Å². The molecule has 0 saturated heterocycles. The van der Waals surface area contributed by atoms with Crippen LogP contribution in [0.25, 0.3) is 0 Å². The Morgan fingerprint density at radius 1 is 1.53 bits per heavy atom. The lowest BCUT2D eigenvalue weighted by atomic mass is 10.1. The van der Waals surface area contributed by atoms with E-state index in [2.05, 4.69) is 5.32 Å². The zero-order valence-electron chi connectivity index (χ0n) is 10.1. The summed E-state index contributed by atoms with van der Waals surface area (Å²) < 4.78 is 13.7. The summed E-state index contributed by atoms with van der Waals surface area (Å²) in [6.45, 7) is 0.616. The number of hydrogen-bond donors (Lipinski definition) is 1. The van der Waals surface area contributed by atoms with E-state index in [0.29, 0.717) is 12.1 Å². The first-order valence-electron chi connectivity index (χ1n) is 5.21. The molecule has 0 fully saturated rings. The molecule has 1 aromatic carbocycles. The number of rotatable bonds is 5. The van der Waals surface area contributed by atoms with E-state index in [1.54, 1.807) is 7.05 Å². The predicted octanol–water partition coefficient (Wildman–Crippen LogP) is 1.56. The average Bonchev–Trinajstić information content (AvgIpc) is 2.25. The van der Waals surface area contributed by atoms with Gasteiger partial charge >= 0.3 is 0 Å². The van der Waals surface area contributed by atoms with Gasteiger partial charge in [0.15, 0.2) is 0 Å². The first-order chi connectivity index (χ1) is 7.95. The summed E-state index contributed by atoms with van der Waals surface area (Å²) in [6.07, 6.45) is 0. The third-order valence-corrected chi connectivity index (χ3v) is 2.47. The van der Waals surface area contributed by atoms with Crippen molar-refractivity contribution in [3.8, 4) is 0 Å². The molecule has 0 aliphatic rings. The highest BCUT2D eigenvalue weighted by atomic mass is 19.1. The lowest BCUT2D eigenvalue weighted by Crippen LogP contribution is -2.29. The van der Waals surface area contributed by atoms with E-state index in [-0.39, 0.29) is 11.7 Å². The Kier molecular flexibility index (Phi) is 4.53. The van der Waals surface area contributed by atoms with Crippen LogP contribution >= 0.6 is 0 Å². The van der Waals surface area contributed by atoms with E-state index in [4.69, 9.17) is 0 Å². The Hall–Kier alpha value is -1.53. The molecule has 1 aromatic rings. The number of hydrogen-bond acceptors (Lipinski definition) is 4. The number of nitrogens with one attached hydrogen (secondary N) is 1. The van der Waals surface area contributed by atoms with E-state index >= 15 is 0 Å². The van der Waals surface area contributed by atoms with Crippen molar-refractivity contribution in [3.63, 3.8) is 0 Å². The monoisotopic (exact) mass is 241 g/mol. The summed E-state index contributed by atoms with van der Waals surface area (Å²) in [4.78, 5) is 11.8. The quantitative estimate of drug-likeness (QED) is 0.627. The van der Waals surface area contributed by atoms with E-state index < -0.39 is 10.7 Å². The van der Waals surface area contributed by atoms with Gasteiger partial charge in [-0.25, -0.2) is 4.39 Å². The fraction of sp³-hybridized carbons (Fsp3) is 0.455. The van der Waals surface area contributed by atoms with Gasteiger partial charge in [0, 0.05) is 24.2 Å². The highest BCUT2D eigenvalue weighted by Gasteiger charge is 2.17. The van der Waals surface area contributed by atoms with Crippen molar-refractivity contribution >= 4 is 5.69 Å². The number of nitro groups is 1. The maximum atomic E-state index is 13.7. The molecular weight excluding hydrogens is 225 g/mol. The summed E-state index contributed by atoms with van der Waals surface area (Å²) >= 11 is 0. The lowest BCUT2D eigenvalue weighted by Gasteiger charge is -2.21. The number of nitro benzene ring substituents is 1. The summed E-state index contributed by atoms with van der Waals surface area (Å²) in [7, 11) is 5.50. The van der Waals surface area contributed by atoms with Crippen molar-refractivity contribution in [1.82, 2.24) is 10.2 Å². The van der Waals surface area contributed by atoms with Crippen LogP contribution in [0.5, 0.6) is 0 Å². The van der Waals surface area contributed by atoms with Crippen LogP contribution in [-0.2, 0) is 0 Å². The Labute approximate surface area is 99.4 Å². The standard InChI is InChI=1S/C11H16FN3O2/c1-13-11(7-14(2)3)9-5-4-8(15(16)17)6-10(9)12/h4-6,11,13H,7H2,1-3H3. The van der Waals surface area contributed by atoms with Crippen LogP contribution in [-0.4, -0.2) is 37.5 Å². The van der Waals surface area contributed by atoms with E-state index in [9.17, 15) is 14.5 Å². The van der Waals surface area contributed by atoms with Crippen molar-refractivity contribution < 1.29 is 9.31 Å². The fourth-order valence-electron chi connectivity index (χ4n) is 1.62. The zero-order chi connectivity index (χ0) is 13.0. The summed E-state index contributed by atoms with van der Waals surface area (Å²) in [6, 6.07) is 3.54. The Balaban J connectivity index is 3.00. The minimum atomic E-state index is -0.604. The molecule has 0 bridgehead atoms. The largest absolute Gasteiger partial charge is 0.312 e. The van der Waals surface area contributed by atoms with E-state index in [1.165, 1.54) is 12.1 Å². The van der Waals surface area contributed by atoms with Gasteiger partial charge in [0.1, 0.15) is 5.82 Å². The second-order valence-corrected chi connectivity index (χ2v) is 4.07. The molecule has 0 spiro atoms. The van der Waals surface area contributed by atoms with E-state index in [1.807, 2.05) is 19.0 Å². The normalized spacial score (nSPS) is 12.8. The smallest absolute Gasteiger partial charge is 0.272 e. The molecule has 0 heterocycles. The molecule has 0 aliphatic carbocycles. The molecule has 0 aromatic heterocycles. The van der Waals surface area contributed by atoms with Crippen molar-refractivity contribution in [2.75, 3.05) is 27.7 Å². The maximum Gasteiger partial charge on any atom is 0.272 e. The zero-order valence-corrected chi connectivity index (χ0v) is 10.1. The average molecular weight is 241 g/mol. The van der Waals surface area contributed by atoms with Gasteiger partial charge in [-0.2, -0.15) is 0 Å². The molecule has 1 unspecified atom stereocenters. The molecule has 0 saturated carbocycles. The first kappa shape index (κ1) is 13.5. The van der Waals surface area contributed by atoms with E-state index in [0.717, 1.165) is 6.07 Å². The molecular formula is C11H16FN3O2. The minimum absolute atomic E-state index is 0.189. The van der Waals surface area contributed by atoms with Crippen LogP contribution in [0.2, 0.25) is 0 Å². The molecule has 1 atom stereocenters. The molecule has 6 heteroatoms. The van der Waals surface area contributed by atoms with Crippen LogP contribution in [0.4, 0.5) is 10.1 Å². The number of benzene rings is 1. The molecule has 0 radical (unpaired) electrons. The van der Waals surface area contributed by atoms with Crippen molar-refractivity contribution in [3.05, 3.63) is 39.7 Å². The Bertz CT molecular complexity index is 410. The van der Waals surface area contributed by atoms with Gasteiger partial charge in [-0.15, -0.1) is 0 Å². The molecule has 1 N–H and O–H groups in total. The minimum Gasteiger partial charge on any atom is -0.312 e. The molecule has 5 nitrogen and oxygen atoms in total. The molecule has 0 amide bonds. The van der Waals surface area contributed by atoms with Crippen molar-refractivity contribution in [1.29, 1.82) is 0 Å². The molecule has 1 rings (SSSR count). The van der Waals surface area contributed by atoms with Crippen LogP contribution < -0.4 is 5.32 Å². The van der Waals surface area contributed by atoms with Gasteiger partial charge in [0.2, 0.25) is 0 Å². The molecule has 17 heavy (non-hydrogen) atoms. The lowest BCUT2D eigenvalue weighted by molar-refractivity contribution is -0.385. The fourth-order valence-corrected chi connectivity index (χ4v) is 1.62. The van der Waals surface area contributed by atoms with Gasteiger partial charge in [0.25, 0.3) is 5.69 Å². The van der Waals surface area contributed by atoms with Crippen LogP contribution in [0.3, 0.4) is 0 Å². The maximum absolute atomic E-state index is 13.7. The van der Waals surface area contributed by atoms with Gasteiger partial charge < -0.3 is 10.2 Å². The van der Waals surface area contributed by atoms with Gasteiger partial charge in [-0.3, -0.25) is 10.1 Å². The Morgan fingerprint density at radius 3 is 2.59 bits per heavy atom. The number of likely N-dealkylation sites (N-methyl/N-ethyl adjacent to an activating group) is 2. The highest BCUT2D eigenvalue weighted by molar-refractivity contribution is 5.35. The van der Waals surface area contributed by atoms with Crippen molar-refractivity contribution in [2.45, 2.75) is 6.04 Å². The number of non-ortho nitro benzene ring substituents is 1. The SMILES string of the molecule is CNC(CN(C)C)c1ccc([N+](=O)[O-])cc1F. The first-order valence-corrected chi connectivity index (χ1v) is 5.21. The number of halogens is 1. The summed E-state index contributed by atoms with van der Waals surface area (Å²) in [5.74, 6) is -0.555. The van der Waals surface area contributed by atoms with Crippen LogP contribution in [0.15, 0.2) is 18.2 Å². The predicted molar refractivity (Wildman–Crippen MR) is 63.4 cm³/mol. The highest BCUT2D eigenvalue weighted by Crippen LogP contribution is 2.22. The van der Waals surface area contributed by atoms with Gasteiger partial charge in [-0.05, 0) is 27.2 Å². The van der Waals surface area contributed by atoms with Gasteiger partial charge in [-0.1, -0.05) is 0 Å². The third-order valence-electron chi connectivity index (χ3n) is 2.47. The molecule has 0 aliphatic heterocycles. The summed E-state index contributed by atoms with van der Waals surface area (Å²) in [5, 5.41) is 13.5. The summed E-state index contributed by atoms with van der Waals surface area (Å²) in [5.41, 5.74) is 0.206. The molecule has 94 valence electrons. The van der Waals surface area contributed by atoms with Crippen molar-refractivity contribution in [2.24, 2.45) is 0 Å². The number of nitrogens with zero attached hydrogens (tertiary/aromatic N) is 2. The second-order valence-electron chi connectivity index (χ2n) is 4.07. The Morgan fingerprint density at radius 2 is 2.18 bits per heavy atom.